The van der Waals surface area contributed by atoms with Crippen molar-refractivity contribution in [1.82, 2.24) is 5.32 Å². The van der Waals surface area contributed by atoms with Gasteiger partial charge in [0.15, 0.2) is 0 Å². The highest BCUT2D eigenvalue weighted by Gasteiger charge is 2.13. The van der Waals surface area contributed by atoms with Gasteiger partial charge < -0.3 is 5.32 Å². The third-order valence-electron chi connectivity index (χ3n) is 3.09. The van der Waals surface area contributed by atoms with Gasteiger partial charge in [-0.25, -0.2) is 0 Å². The summed E-state index contributed by atoms with van der Waals surface area (Å²) in [6, 6.07) is 4.58. The van der Waals surface area contributed by atoms with Crippen molar-refractivity contribution >= 4 is 0 Å². The highest BCUT2D eigenvalue weighted by atomic mass is 14.8. The van der Waals surface area contributed by atoms with E-state index in [0.717, 1.165) is 6.54 Å². The summed E-state index contributed by atoms with van der Waals surface area (Å²) in [5.41, 5.74) is 5.79. The lowest BCUT2D eigenvalue weighted by Gasteiger charge is -2.20. The summed E-state index contributed by atoms with van der Waals surface area (Å²) in [7, 11) is 2.03. The maximum Gasteiger partial charge on any atom is 0.00172 e. The molecule has 15 heavy (non-hydrogen) atoms. The van der Waals surface area contributed by atoms with Gasteiger partial charge in [-0.3, -0.25) is 0 Å². The summed E-state index contributed by atoms with van der Waals surface area (Å²) >= 11 is 0. The quantitative estimate of drug-likeness (QED) is 0.795. The number of likely N-dealkylation sites (N-methyl/N-ethyl adjacent to an activating group) is 1. The van der Waals surface area contributed by atoms with Crippen LogP contribution in [0.5, 0.6) is 0 Å². The third kappa shape index (κ3) is 2.82. The van der Waals surface area contributed by atoms with Crippen LogP contribution in [0.15, 0.2) is 12.1 Å². The van der Waals surface area contributed by atoms with E-state index >= 15 is 0 Å². The Balaban J connectivity index is 3.11. The SMILES string of the molecule is CCC(CNC)c1c(C)cc(C)cc1C. The molecule has 0 radical (unpaired) electrons. The average Bonchev–Trinajstić information content (AvgIpc) is 2.14. The predicted molar refractivity (Wildman–Crippen MR) is 67.6 cm³/mol. The van der Waals surface area contributed by atoms with Crippen molar-refractivity contribution in [3.8, 4) is 0 Å². The maximum atomic E-state index is 3.29. The molecular formula is C14H23N. The molecule has 1 unspecified atom stereocenters. The molecule has 0 aromatic heterocycles. The van der Waals surface area contributed by atoms with E-state index in [1.807, 2.05) is 7.05 Å². The fourth-order valence-corrected chi connectivity index (χ4v) is 2.53. The van der Waals surface area contributed by atoms with E-state index in [-0.39, 0.29) is 0 Å². The van der Waals surface area contributed by atoms with Crippen molar-refractivity contribution in [3.05, 3.63) is 34.4 Å². The molecule has 84 valence electrons. The smallest absolute Gasteiger partial charge is 0.00172 e. The minimum Gasteiger partial charge on any atom is -0.319 e. The fraction of sp³-hybridized carbons (Fsp3) is 0.571. The molecule has 0 aliphatic rings. The Morgan fingerprint density at radius 2 is 1.67 bits per heavy atom. The van der Waals surface area contributed by atoms with E-state index in [0.29, 0.717) is 5.92 Å². The Bertz CT molecular complexity index is 305. The minimum atomic E-state index is 0.649. The van der Waals surface area contributed by atoms with Crippen molar-refractivity contribution in [3.63, 3.8) is 0 Å². The van der Waals surface area contributed by atoms with Crippen LogP contribution in [0, 0.1) is 20.8 Å². The monoisotopic (exact) mass is 205 g/mol. The number of hydrogen-bond acceptors (Lipinski definition) is 1. The zero-order valence-corrected chi connectivity index (χ0v) is 10.6. The molecule has 0 spiro atoms. The van der Waals surface area contributed by atoms with Gasteiger partial charge in [0, 0.05) is 6.54 Å². The van der Waals surface area contributed by atoms with E-state index < -0.39 is 0 Å². The second-order valence-electron chi connectivity index (χ2n) is 4.48. The van der Waals surface area contributed by atoms with Gasteiger partial charge in [-0.2, -0.15) is 0 Å². The number of benzene rings is 1. The molecule has 1 aromatic rings. The zero-order chi connectivity index (χ0) is 11.4. The summed E-state index contributed by atoms with van der Waals surface area (Å²) in [6.07, 6.45) is 1.20. The first-order valence-electron chi connectivity index (χ1n) is 5.82. The van der Waals surface area contributed by atoms with Crippen LogP contribution in [-0.2, 0) is 0 Å². The molecule has 0 bridgehead atoms. The van der Waals surface area contributed by atoms with Gasteiger partial charge in [-0.15, -0.1) is 0 Å². The van der Waals surface area contributed by atoms with Gasteiger partial charge in [0.1, 0.15) is 0 Å². The molecule has 0 aliphatic heterocycles. The largest absolute Gasteiger partial charge is 0.319 e. The first-order valence-corrected chi connectivity index (χ1v) is 5.82. The van der Waals surface area contributed by atoms with Crippen molar-refractivity contribution in [2.24, 2.45) is 0 Å². The third-order valence-corrected chi connectivity index (χ3v) is 3.09. The summed E-state index contributed by atoms with van der Waals surface area (Å²) in [5.74, 6) is 0.649. The molecule has 0 aliphatic carbocycles. The lowest BCUT2D eigenvalue weighted by atomic mass is 9.88. The van der Waals surface area contributed by atoms with Crippen LogP contribution in [0.1, 0.15) is 41.5 Å². The van der Waals surface area contributed by atoms with Crippen LogP contribution in [-0.4, -0.2) is 13.6 Å². The first-order chi connectivity index (χ1) is 7.10. The zero-order valence-electron chi connectivity index (χ0n) is 10.6. The van der Waals surface area contributed by atoms with Gasteiger partial charge >= 0.3 is 0 Å². The fourth-order valence-electron chi connectivity index (χ4n) is 2.53. The minimum absolute atomic E-state index is 0.649. The Labute approximate surface area is 93.9 Å². The topological polar surface area (TPSA) is 12.0 Å². The molecule has 1 rings (SSSR count). The summed E-state index contributed by atoms with van der Waals surface area (Å²) in [4.78, 5) is 0. The van der Waals surface area contributed by atoms with E-state index in [2.05, 4.69) is 45.1 Å². The van der Waals surface area contributed by atoms with Crippen LogP contribution in [0.4, 0.5) is 0 Å². The lowest BCUT2D eigenvalue weighted by Crippen LogP contribution is -2.18. The van der Waals surface area contributed by atoms with Crippen LogP contribution < -0.4 is 5.32 Å². The molecule has 0 heterocycles. The Hall–Kier alpha value is -0.820. The molecule has 1 nitrogen and oxygen atoms in total. The number of aryl methyl sites for hydroxylation is 3. The first kappa shape index (κ1) is 12.3. The van der Waals surface area contributed by atoms with E-state index in [1.54, 1.807) is 0 Å². The molecule has 0 amide bonds. The number of rotatable bonds is 4. The van der Waals surface area contributed by atoms with Crippen molar-refractivity contribution < 1.29 is 0 Å². The van der Waals surface area contributed by atoms with Gasteiger partial charge in [0.2, 0.25) is 0 Å². The normalized spacial score (nSPS) is 12.9. The molecule has 0 saturated carbocycles. The summed E-state index contributed by atoms with van der Waals surface area (Å²) in [6.45, 7) is 9.96. The van der Waals surface area contributed by atoms with Crippen LogP contribution in [0.25, 0.3) is 0 Å². The Kier molecular flexibility index (Phi) is 4.34. The van der Waals surface area contributed by atoms with E-state index in [4.69, 9.17) is 0 Å². The van der Waals surface area contributed by atoms with Gasteiger partial charge in [-0.05, 0) is 56.8 Å². The Morgan fingerprint density at radius 3 is 2.07 bits per heavy atom. The second-order valence-corrected chi connectivity index (χ2v) is 4.48. The molecule has 1 N–H and O–H groups in total. The molecule has 1 aromatic carbocycles. The maximum absolute atomic E-state index is 3.29. The van der Waals surface area contributed by atoms with E-state index in [1.165, 1.54) is 28.7 Å². The summed E-state index contributed by atoms with van der Waals surface area (Å²) < 4.78 is 0. The van der Waals surface area contributed by atoms with Crippen molar-refractivity contribution in [2.75, 3.05) is 13.6 Å². The lowest BCUT2D eigenvalue weighted by molar-refractivity contribution is 0.606. The summed E-state index contributed by atoms with van der Waals surface area (Å²) in [5, 5.41) is 3.29. The molecule has 0 fully saturated rings. The number of nitrogens with one attached hydrogen (secondary N) is 1. The van der Waals surface area contributed by atoms with Gasteiger partial charge in [0.05, 0.1) is 0 Å². The highest BCUT2D eigenvalue weighted by molar-refractivity contribution is 5.40. The van der Waals surface area contributed by atoms with Crippen molar-refractivity contribution in [2.45, 2.75) is 40.0 Å². The number of hydrogen-bond donors (Lipinski definition) is 1. The molecule has 1 heteroatoms. The Morgan fingerprint density at radius 1 is 1.13 bits per heavy atom. The standard InChI is InChI=1S/C14H23N/c1-6-13(9-15-5)14-11(3)7-10(2)8-12(14)4/h7-8,13,15H,6,9H2,1-5H3. The molecular weight excluding hydrogens is 182 g/mol. The molecule has 0 saturated heterocycles. The van der Waals surface area contributed by atoms with Crippen LogP contribution in [0.2, 0.25) is 0 Å². The average molecular weight is 205 g/mol. The van der Waals surface area contributed by atoms with Crippen molar-refractivity contribution in [1.29, 1.82) is 0 Å². The highest BCUT2D eigenvalue weighted by Crippen LogP contribution is 2.27. The predicted octanol–water partition coefficient (Wildman–Crippen LogP) is 3.32. The molecule has 1 atom stereocenters. The van der Waals surface area contributed by atoms with Gasteiger partial charge in [-0.1, -0.05) is 24.6 Å². The van der Waals surface area contributed by atoms with E-state index in [9.17, 15) is 0 Å². The second kappa shape index (κ2) is 5.32. The van der Waals surface area contributed by atoms with Crippen LogP contribution in [0.3, 0.4) is 0 Å². The van der Waals surface area contributed by atoms with Gasteiger partial charge in [0.25, 0.3) is 0 Å². The van der Waals surface area contributed by atoms with Crippen LogP contribution >= 0.6 is 0 Å².